The second kappa shape index (κ2) is 8.31. The third-order valence-corrected chi connectivity index (χ3v) is 10.2. The highest BCUT2D eigenvalue weighted by atomic mass is 28.4. The van der Waals surface area contributed by atoms with Gasteiger partial charge in [0, 0.05) is 13.1 Å². The van der Waals surface area contributed by atoms with E-state index in [4.69, 9.17) is 9.16 Å². The minimum absolute atomic E-state index is 0.0411. The van der Waals surface area contributed by atoms with E-state index in [1.807, 2.05) is 6.07 Å². The second-order valence-electron chi connectivity index (χ2n) is 8.70. The van der Waals surface area contributed by atoms with E-state index in [1.165, 1.54) is 5.56 Å². The lowest BCUT2D eigenvalue weighted by Gasteiger charge is -2.45. The molecule has 1 heterocycles. The van der Waals surface area contributed by atoms with Crippen molar-refractivity contribution in [3.63, 3.8) is 0 Å². The molecule has 25 heavy (non-hydrogen) atoms. The Hall–Kier alpha value is -0.723. The van der Waals surface area contributed by atoms with Gasteiger partial charge in [-0.3, -0.25) is 4.90 Å². The monoisotopic (exact) mass is 365 g/mol. The zero-order valence-corrected chi connectivity index (χ0v) is 17.7. The van der Waals surface area contributed by atoms with Crippen molar-refractivity contribution in [2.45, 2.75) is 70.6 Å². The van der Waals surface area contributed by atoms with Crippen molar-refractivity contribution in [3.8, 4) is 0 Å². The molecule has 0 amide bonds. The number of hydrogen-bond donors (Lipinski definition) is 1. The first kappa shape index (κ1) is 20.6. The van der Waals surface area contributed by atoms with E-state index < -0.39 is 8.32 Å². The molecule has 1 aliphatic heterocycles. The summed E-state index contributed by atoms with van der Waals surface area (Å²) < 4.78 is 12.5. The topological polar surface area (TPSA) is 41.9 Å². The SMILES string of the molecule is CC1OC(CO)CN(Cc2ccccc2)C1CO[Si](C)(C)C(C)(C)C. The fourth-order valence-electron chi connectivity index (χ4n) is 2.98. The Labute approximate surface area is 154 Å². The van der Waals surface area contributed by atoms with Gasteiger partial charge in [0.05, 0.1) is 31.5 Å². The molecule has 0 saturated carbocycles. The summed E-state index contributed by atoms with van der Waals surface area (Å²) in [5.41, 5.74) is 1.28. The number of aliphatic hydroxyl groups is 1. The summed E-state index contributed by atoms with van der Waals surface area (Å²) in [4.78, 5) is 2.41. The fraction of sp³-hybridized carbons (Fsp3) is 0.700. The molecule has 1 aliphatic rings. The third-order valence-electron chi connectivity index (χ3n) is 5.71. The van der Waals surface area contributed by atoms with Gasteiger partial charge < -0.3 is 14.3 Å². The van der Waals surface area contributed by atoms with Gasteiger partial charge in [-0.05, 0) is 30.6 Å². The number of ether oxygens (including phenoxy) is 1. The molecule has 1 aromatic rings. The lowest BCUT2D eigenvalue weighted by Crippen LogP contribution is -2.57. The molecular formula is C20H35NO3Si. The molecule has 142 valence electrons. The number of aliphatic hydroxyl groups excluding tert-OH is 1. The molecule has 3 unspecified atom stereocenters. The molecule has 2 rings (SSSR count). The van der Waals surface area contributed by atoms with Gasteiger partial charge in [0.25, 0.3) is 0 Å². The maximum atomic E-state index is 9.57. The molecule has 1 saturated heterocycles. The minimum atomic E-state index is -1.80. The van der Waals surface area contributed by atoms with Crippen molar-refractivity contribution in [3.05, 3.63) is 35.9 Å². The zero-order valence-electron chi connectivity index (χ0n) is 16.7. The Morgan fingerprint density at radius 3 is 2.44 bits per heavy atom. The molecule has 0 aliphatic carbocycles. The van der Waals surface area contributed by atoms with Crippen LogP contribution in [-0.2, 0) is 15.7 Å². The molecule has 1 N–H and O–H groups in total. The Morgan fingerprint density at radius 2 is 1.88 bits per heavy atom. The van der Waals surface area contributed by atoms with Crippen molar-refractivity contribution in [1.29, 1.82) is 0 Å². The highest BCUT2D eigenvalue weighted by molar-refractivity contribution is 6.74. The molecule has 0 bridgehead atoms. The van der Waals surface area contributed by atoms with Crippen LogP contribution < -0.4 is 0 Å². The van der Waals surface area contributed by atoms with Crippen molar-refractivity contribution in [1.82, 2.24) is 4.90 Å². The van der Waals surface area contributed by atoms with Crippen molar-refractivity contribution < 1.29 is 14.3 Å². The fourth-order valence-corrected chi connectivity index (χ4v) is 4.00. The smallest absolute Gasteiger partial charge is 0.192 e. The molecule has 3 atom stereocenters. The van der Waals surface area contributed by atoms with E-state index in [9.17, 15) is 5.11 Å². The minimum Gasteiger partial charge on any atom is -0.415 e. The molecule has 4 nitrogen and oxygen atoms in total. The van der Waals surface area contributed by atoms with Crippen LogP contribution in [0.15, 0.2) is 30.3 Å². The highest BCUT2D eigenvalue weighted by Gasteiger charge is 2.40. The van der Waals surface area contributed by atoms with E-state index in [1.54, 1.807) is 0 Å². The van der Waals surface area contributed by atoms with E-state index in [2.05, 4.69) is 70.0 Å². The third kappa shape index (κ3) is 5.38. The molecule has 1 aromatic carbocycles. The van der Waals surface area contributed by atoms with Crippen molar-refractivity contribution in [2.24, 2.45) is 0 Å². The first-order chi connectivity index (χ1) is 11.6. The summed E-state index contributed by atoms with van der Waals surface area (Å²) in [5.74, 6) is 0. The molecular weight excluding hydrogens is 330 g/mol. The van der Waals surface area contributed by atoms with Crippen molar-refractivity contribution in [2.75, 3.05) is 19.8 Å². The van der Waals surface area contributed by atoms with Crippen LogP contribution in [0.25, 0.3) is 0 Å². The van der Waals surface area contributed by atoms with Crippen LogP contribution in [0, 0.1) is 0 Å². The average Bonchev–Trinajstić information content (AvgIpc) is 2.53. The van der Waals surface area contributed by atoms with E-state index in [0.29, 0.717) is 6.61 Å². The van der Waals surface area contributed by atoms with Crippen molar-refractivity contribution >= 4 is 8.32 Å². The zero-order chi connectivity index (χ0) is 18.7. The van der Waals surface area contributed by atoms with Gasteiger partial charge in [0.2, 0.25) is 0 Å². The van der Waals surface area contributed by atoms with E-state index >= 15 is 0 Å². The van der Waals surface area contributed by atoms with Crippen LogP contribution in [-0.4, -0.2) is 56.3 Å². The van der Waals surface area contributed by atoms with Gasteiger partial charge in [-0.25, -0.2) is 0 Å². The molecule has 1 fully saturated rings. The summed E-state index contributed by atoms with van der Waals surface area (Å²) >= 11 is 0. The van der Waals surface area contributed by atoms with Crippen LogP contribution in [0.1, 0.15) is 33.3 Å². The molecule has 0 aromatic heterocycles. The van der Waals surface area contributed by atoms with Gasteiger partial charge in [-0.1, -0.05) is 51.1 Å². The molecule has 0 radical (unpaired) electrons. The predicted molar refractivity (Wildman–Crippen MR) is 105 cm³/mol. The number of benzene rings is 1. The van der Waals surface area contributed by atoms with Gasteiger partial charge in [0.15, 0.2) is 8.32 Å². The number of hydrogen-bond acceptors (Lipinski definition) is 4. The summed E-state index contributed by atoms with van der Waals surface area (Å²) in [6, 6.07) is 10.7. The Bertz CT molecular complexity index is 529. The van der Waals surface area contributed by atoms with Crippen LogP contribution in [0.4, 0.5) is 0 Å². The van der Waals surface area contributed by atoms with Crippen LogP contribution in [0.3, 0.4) is 0 Å². The van der Waals surface area contributed by atoms with E-state index in [0.717, 1.165) is 13.1 Å². The summed E-state index contributed by atoms with van der Waals surface area (Å²) in [6.07, 6.45) is -0.0813. The Kier molecular flexibility index (Phi) is 6.85. The van der Waals surface area contributed by atoms with Crippen LogP contribution >= 0.6 is 0 Å². The predicted octanol–water partition coefficient (Wildman–Crippen LogP) is 3.66. The summed E-state index contributed by atoms with van der Waals surface area (Å²) in [5, 5.41) is 9.77. The first-order valence-electron chi connectivity index (χ1n) is 9.32. The number of nitrogens with zero attached hydrogens (tertiary/aromatic N) is 1. The standard InChI is InChI=1S/C20H35NO3Si/c1-16-19(15-23-25(5,6)20(2,3)4)21(13-18(14-22)24-16)12-17-10-8-7-9-11-17/h7-11,16,18-19,22H,12-15H2,1-6H3. The van der Waals surface area contributed by atoms with Gasteiger partial charge in [0.1, 0.15) is 0 Å². The molecule has 0 spiro atoms. The normalized spacial score (nSPS) is 26.0. The van der Waals surface area contributed by atoms with Gasteiger partial charge in [-0.2, -0.15) is 0 Å². The number of morpholine rings is 1. The Morgan fingerprint density at radius 1 is 1.24 bits per heavy atom. The highest BCUT2D eigenvalue weighted by Crippen LogP contribution is 2.37. The second-order valence-corrected chi connectivity index (χ2v) is 13.5. The summed E-state index contributed by atoms with van der Waals surface area (Å²) in [6.45, 7) is 15.8. The first-order valence-corrected chi connectivity index (χ1v) is 12.2. The average molecular weight is 366 g/mol. The lowest BCUT2D eigenvalue weighted by molar-refractivity contribution is -0.137. The molecule has 5 heteroatoms. The maximum Gasteiger partial charge on any atom is 0.192 e. The number of rotatable bonds is 6. The van der Waals surface area contributed by atoms with Gasteiger partial charge in [-0.15, -0.1) is 0 Å². The maximum absolute atomic E-state index is 9.57. The Balaban J connectivity index is 2.11. The van der Waals surface area contributed by atoms with Crippen LogP contribution in [0.2, 0.25) is 18.1 Å². The summed E-state index contributed by atoms with van der Waals surface area (Å²) in [7, 11) is -1.80. The van der Waals surface area contributed by atoms with E-state index in [-0.39, 0.29) is 29.9 Å². The van der Waals surface area contributed by atoms with Crippen LogP contribution in [0.5, 0.6) is 0 Å². The largest absolute Gasteiger partial charge is 0.415 e. The van der Waals surface area contributed by atoms with Gasteiger partial charge >= 0.3 is 0 Å². The quantitative estimate of drug-likeness (QED) is 0.781. The lowest BCUT2D eigenvalue weighted by atomic mass is 10.1.